The number of amides is 1. The fourth-order valence-corrected chi connectivity index (χ4v) is 2.42. The van der Waals surface area contributed by atoms with Crippen LogP contribution in [0.25, 0.3) is 0 Å². The molecule has 0 aliphatic rings. The Morgan fingerprint density at radius 3 is 2.38 bits per heavy atom. The maximum Gasteiger partial charge on any atom is 0.259 e. The highest BCUT2D eigenvalue weighted by Gasteiger charge is 2.17. The van der Waals surface area contributed by atoms with Crippen molar-refractivity contribution in [2.24, 2.45) is 5.14 Å². The minimum absolute atomic E-state index is 0.0194. The van der Waals surface area contributed by atoms with Gasteiger partial charge >= 0.3 is 0 Å². The summed E-state index contributed by atoms with van der Waals surface area (Å²) in [7, 11) is -2.20. The zero-order valence-electron chi connectivity index (χ0n) is 11.0. The molecule has 0 atom stereocenters. The van der Waals surface area contributed by atoms with Crippen molar-refractivity contribution in [1.82, 2.24) is 4.98 Å². The van der Waals surface area contributed by atoms with Crippen LogP contribution in [0, 0.1) is 0 Å². The number of anilines is 1. The number of hydrogen-bond donors (Lipinski definition) is 1. The van der Waals surface area contributed by atoms with Crippen molar-refractivity contribution in [2.45, 2.75) is 4.90 Å². The minimum Gasteiger partial charge on any atom is -0.311 e. The fourth-order valence-electron chi connectivity index (χ4n) is 1.71. The molecule has 2 N–H and O–H groups in total. The van der Waals surface area contributed by atoms with E-state index in [4.69, 9.17) is 16.7 Å². The topological polar surface area (TPSA) is 93.4 Å². The lowest BCUT2D eigenvalue weighted by Gasteiger charge is -2.18. The number of primary sulfonamides is 1. The van der Waals surface area contributed by atoms with Gasteiger partial charge in [-0.25, -0.2) is 13.6 Å². The van der Waals surface area contributed by atoms with Crippen LogP contribution in [0.15, 0.2) is 47.6 Å². The van der Waals surface area contributed by atoms with Crippen LogP contribution in [0.1, 0.15) is 10.4 Å². The summed E-state index contributed by atoms with van der Waals surface area (Å²) in [5, 5.41) is 5.27. The molecule has 2 rings (SSSR count). The summed E-state index contributed by atoms with van der Waals surface area (Å²) in [4.78, 5) is 17.5. The molecule has 0 spiro atoms. The van der Waals surface area contributed by atoms with Crippen LogP contribution in [0.4, 0.5) is 5.69 Å². The van der Waals surface area contributed by atoms with E-state index in [-0.39, 0.29) is 15.8 Å². The molecule has 0 bridgehead atoms. The van der Waals surface area contributed by atoms with Gasteiger partial charge in [0, 0.05) is 25.1 Å². The highest BCUT2D eigenvalue weighted by molar-refractivity contribution is 7.89. The number of nitrogens with zero attached hydrogens (tertiary/aromatic N) is 2. The quantitative estimate of drug-likeness (QED) is 0.928. The van der Waals surface area contributed by atoms with Gasteiger partial charge < -0.3 is 4.90 Å². The highest BCUT2D eigenvalue weighted by Crippen LogP contribution is 2.21. The Labute approximate surface area is 127 Å². The Kier molecular flexibility index (Phi) is 4.26. The molecule has 0 saturated carbocycles. The molecule has 8 heteroatoms. The Morgan fingerprint density at radius 1 is 1.24 bits per heavy atom. The number of benzene rings is 1. The number of carbonyl (C=O) groups is 1. The monoisotopic (exact) mass is 325 g/mol. The third-order valence-corrected chi connectivity index (χ3v) is 4.09. The fraction of sp³-hybridized carbons (Fsp3) is 0.0769. The Balaban J connectivity index is 2.30. The van der Waals surface area contributed by atoms with E-state index in [1.54, 1.807) is 7.05 Å². The SMILES string of the molecule is CN(C(=O)c1ccncc1Cl)c1ccc(S(N)(=O)=O)cc1. The molecule has 0 fully saturated rings. The Hall–Kier alpha value is -1.96. The van der Waals surface area contributed by atoms with Crippen LogP contribution >= 0.6 is 11.6 Å². The standard InChI is InChI=1S/C13H12ClN3O3S/c1-17(13(18)11-6-7-16-8-12(11)14)9-2-4-10(5-3-9)21(15,19)20/h2-8H,1H3,(H2,15,19,20). The third kappa shape index (κ3) is 3.38. The van der Waals surface area contributed by atoms with E-state index >= 15 is 0 Å². The lowest BCUT2D eigenvalue weighted by Crippen LogP contribution is -2.26. The van der Waals surface area contributed by atoms with Gasteiger partial charge in [-0.05, 0) is 30.3 Å². The second-order valence-electron chi connectivity index (χ2n) is 4.26. The number of aromatic nitrogens is 1. The normalized spacial score (nSPS) is 11.2. The molecule has 110 valence electrons. The third-order valence-electron chi connectivity index (χ3n) is 2.86. The van der Waals surface area contributed by atoms with Gasteiger partial charge in [0.1, 0.15) is 0 Å². The summed E-state index contributed by atoms with van der Waals surface area (Å²) >= 11 is 5.93. The maximum absolute atomic E-state index is 12.3. The van der Waals surface area contributed by atoms with Crippen molar-refractivity contribution in [1.29, 1.82) is 0 Å². The summed E-state index contributed by atoms with van der Waals surface area (Å²) in [6.45, 7) is 0. The minimum atomic E-state index is -3.76. The van der Waals surface area contributed by atoms with Gasteiger partial charge in [0.2, 0.25) is 10.0 Å². The van der Waals surface area contributed by atoms with Crippen LogP contribution in [-0.4, -0.2) is 26.4 Å². The second kappa shape index (κ2) is 5.80. The van der Waals surface area contributed by atoms with E-state index in [0.717, 1.165) is 0 Å². The molecule has 0 aliphatic heterocycles. The lowest BCUT2D eigenvalue weighted by atomic mass is 10.2. The number of halogens is 1. The molecular formula is C13H12ClN3O3S. The van der Waals surface area contributed by atoms with Gasteiger partial charge in [0.05, 0.1) is 15.5 Å². The molecule has 1 aromatic heterocycles. The van der Waals surface area contributed by atoms with Crippen LogP contribution in [0.5, 0.6) is 0 Å². The average Bonchev–Trinajstić information content (AvgIpc) is 2.45. The lowest BCUT2D eigenvalue weighted by molar-refractivity contribution is 0.0993. The largest absolute Gasteiger partial charge is 0.311 e. The van der Waals surface area contributed by atoms with E-state index in [1.807, 2.05) is 0 Å². The van der Waals surface area contributed by atoms with Crippen molar-refractivity contribution < 1.29 is 13.2 Å². The molecule has 21 heavy (non-hydrogen) atoms. The molecule has 0 radical (unpaired) electrons. The zero-order chi connectivity index (χ0) is 15.6. The van der Waals surface area contributed by atoms with E-state index in [9.17, 15) is 13.2 Å². The number of carbonyl (C=O) groups excluding carboxylic acids is 1. The first-order valence-corrected chi connectivity index (χ1v) is 7.73. The van der Waals surface area contributed by atoms with Gasteiger partial charge in [-0.1, -0.05) is 11.6 Å². The van der Waals surface area contributed by atoms with Crippen LogP contribution in [0.3, 0.4) is 0 Å². The van der Waals surface area contributed by atoms with Crippen molar-refractivity contribution in [3.05, 3.63) is 53.3 Å². The first kappa shape index (κ1) is 15.4. The van der Waals surface area contributed by atoms with Crippen LogP contribution in [-0.2, 0) is 10.0 Å². The molecule has 6 nitrogen and oxygen atoms in total. The van der Waals surface area contributed by atoms with E-state index in [2.05, 4.69) is 4.98 Å². The predicted octanol–water partition coefficient (Wildman–Crippen LogP) is 1.66. The van der Waals surface area contributed by atoms with Gasteiger partial charge in [-0.3, -0.25) is 9.78 Å². The number of rotatable bonds is 3. The predicted molar refractivity (Wildman–Crippen MR) is 79.8 cm³/mol. The van der Waals surface area contributed by atoms with Gasteiger partial charge in [-0.15, -0.1) is 0 Å². The number of hydrogen-bond acceptors (Lipinski definition) is 4. The summed E-state index contributed by atoms with van der Waals surface area (Å²) in [5.74, 6) is -0.328. The molecule has 0 saturated heterocycles. The van der Waals surface area contributed by atoms with Crippen LogP contribution in [0.2, 0.25) is 5.02 Å². The Morgan fingerprint density at radius 2 is 1.86 bits per heavy atom. The molecule has 0 aliphatic carbocycles. The summed E-state index contributed by atoms with van der Waals surface area (Å²) < 4.78 is 22.4. The van der Waals surface area contributed by atoms with Crippen molar-refractivity contribution in [3.63, 3.8) is 0 Å². The van der Waals surface area contributed by atoms with Gasteiger partial charge in [0.25, 0.3) is 5.91 Å². The number of nitrogens with two attached hydrogens (primary N) is 1. The van der Waals surface area contributed by atoms with Crippen molar-refractivity contribution in [2.75, 3.05) is 11.9 Å². The van der Waals surface area contributed by atoms with E-state index in [1.165, 1.54) is 47.6 Å². The zero-order valence-corrected chi connectivity index (χ0v) is 12.6. The van der Waals surface area contributed by atoms with Gasteiger partial charge in [-0.2, -0.15) is 0 Å². The Bertz CT molecular complexity index is 776. The maximum atomic E-state index is 12.3. The highest BCUT2D eigenvalue weighted by atomic mass is 35.5. The molecule has 0 unspecified atom stereocenters. The van der Waals surface area contributed by atoms with Crippen molar-refractivity contribution in [3.8, 4) is 0 Å². The van der Waals surface area contributed by atoms with Gasteiger partial charge in [0.15, 0.2) is 0 Å². The molecular weight excluding hydrogens is 314 g/mol. The molecule has 1 amide bonds. The molecule has 1 heterocycles. The molecule has 2 aromatic rings. The van der Waals surface area contributed by atoms with E-state index in [0.29, 0.717) is 11.3 Å². The first-order chi connectivity index (χ1) is 9.80. The molecule has 1 aromatic carbocycles. The number of sulfonamides is 1. The summed E-state index contributed by atoms with van der Waals surface area (Å²) in [5.41, 5.74) is 0.824. The van der Waals surface area contributed by atoms with Crippen LogP contribution < -0.4 is 10.0 Å². The summed E-state index contributed by atoms with van der Waals surface area (Å²) in [6, 6.07) is 7.17. The number of pyridine rings is 1. The summed E-state index contributed by atoms with van der Waals surface area (Å²) in [6.07, 6.45) is 2.85. The smallest absolute Gasteiger partial charge is 0.259 e. The van der Waals surface area contributed by atoms with Crippen molar-refractivity contribution >= 4 is 33.2 Å². The average molecular weight is 326 g/mol. The second-order valence-corrected chi connectivity index (χ2v) is 6.23. The first-order valence-electron chi connectivity index (χ1n) is 5.81. The van der Waals surface area contributed by atoms with E-state index < -0.39 is 10.0 Å².